The number of thioether (sulfide) groups is 1. The van der Waals surface area contributed by atoms with E-state index in [4.69, 9.17) is 25.3 Å². The topological polar surface area (TPSA) is 141 Å². The Bertz CT molecular complexity index is 566. The van der Waals surface area contributed by atoms with Crippen LogP contribution in [-0.2, 0) is 9.13 Å². The summed E-state index contributed by atoms with van der Waals surface area (Å²) in [5.41, 5.74) is 5.35. The third kappa shape index (κ3) is 6.62. The summed E-state index contributed by atoms with van der Waals surface area (Å²) in [5, 5.41) is -2.77. The van der Waals surface area contributed by atoms with Crippen molar-refractivity contribution < 1.29 is 28.7 Å². The molecule has 0 aliphatic heterocycles. The molecule has 0 fully saturated rings. The Hall–Kier alpha value is -0.170. The molecule has 0 heterocycles. The van der Waals surface area contributed by atoms with Crippen LogP contribution in [-0.4, -0.2) is 30.3 Å². The van der Waals surface area contributed by atoms with Crippen molar-refractivity contribution in [3.05, 3.63) is 30.3 Å². The van der Waals surface area contributed by atoms with Crippen molar-refractivity contribution in [2.75, 3.05) is 5.75 Å². The van der Waals surface area contributed by atoms with Gasteiger partial charge in [-0.2, -0.15) is 0 Å². The minimum Gasteiger partial charge on any atom is -0.323 e. The third-order valence-electron chi connectivity index (χ3n) is 3.71. The summed E-state index contributed by atoms with van der Waals surface area (Å²) >= 11 is 1.77. The second kappa shape index (κ2) is 9.51. The van der Waals surface area contributed by atoms with Gasteiger partial charge in [-0.05, 0) is 30.7 Å². The van der Waals surface area contributed by atoms with Gasteiger partial charge in [-0.3, -0.25) is 9.13 Å². The van der Waals surface area contributed by atoms with Crippen LogP contribution in [0.25, 0.3) is 0 Å². The Balaban J connectivity index is 2.23. The highest BCUT2D eigenvalue weighted by molar-refractivity contribution is 7.99. The molecule has 1 aromatic rings. The summed E-state index contributed by atoms with van der Waals surface area (Å²) in [6.45, 7) is 0. The van der Waals surface area contributed by atoms with Gasteiger partial charge < -0.3 is 25.3 Å². The predicted molar refractivity (Wildman–Crippen MR) is 95.9 cm³/mol. The lowest BCUT2D eigenvalue weighted by atomic mass is 10.1. The molecule has 10 heteroatoms. The molecule has 0 radical (unpaired) electrons. The van der Waals surface area contributed by atoms with Crippen LogP contribution in [0.3, 0.4) is 0 Å². The fourth-order valence-electron chi connectivity index (χ4n) is 2.19. The Morgan fingerprint density at radius 2 is 1.38 bits per heavy atom. The lowest BCUT2D eigenvalue weighted by molar-refractivity contribution is 0.300. The highest BCUT2D eigenvalue weighted by Crippen LogP contribution is 2.67. The molecule has 0 saturated carbocycles. The summed E-state index contributed by atoms with van der Waals surface area (Å²) in [7, 11) is -10.2. The van der Waals surface area contributed by atoms with Crippen LogP contribution in [0.15, 0.2) is 35.2 Å². The van der Waals surface area contributed by atoms with Gasteiger partial charge in [-0.25, -0.2) is 0 Å². The zero-order valence-electron chi connectivity index (χ0n) is 13.3. The summed E-state index contributed by atoms with van der Waals surface area (Å²) in [4.78, 5) is 37.8. The van der Waals surface area contributed by atoms with E-state index in [0.717, 1.165) is 25.0 Å². The van der Waals surface area contributed by atoms with E-state index in [9.17, 15) is 9.13 Å². The highest BCUT2D eigenvalue weighted by Gasteiger charge is 2.56. The number of benzene rings is 1. The van der Waals surface area contributed by atoms with Crippen molar-refractivity contribution >= 4 is 27.0 Å². The molecule has 0 unspecified atom stereocenters. The average Bonchev–Trinajstić information content (AvgIpc) is 2.48. The monoisotopic (exact) mass is 397 g/mol. The number of hydrogen-bond donors (Lipinski definition) is 5. The molecule has 0 amide bonds. The first-order chi connectivity index (χ1) is 11.1. The van der Waals surface area contributed by atoms with Gasteiger partial charge in [-0.15, -0.1) is 11.8 Å². The normalized spacial score (nSPS) is 13.2. The SMILES string of the molecule is NC(CCCCCCCSc1ccccc1)(P(=O)(O)O)P(=O)(O)O. The molecule has 1 rings (SSSR count). The lowest BCUT2D eigenvalue weighted by Gasteiger charge is -2.30. The molecule has 1 aromatic carbocycles. The number of unbranched alkanes of at least 4 members (excludes halogenated alkanes) is 4. The minimum absolute atomic E-state index is 0.262. The first-order valence-electron chi connectivity index (χ1n) is 7.66. The van der Waals surface area contributed by atoms with E-state index < -0.39 is 26.6 Å². The average molecular weight is 397 g/mol. The molecule has 0 bridgehead atoms. The fourth-order valence-corrected chi connectivity index (χ4v) is 5.38. The van der Waals surface area contributed by atoms with E-state index in [-0.39, 0.29) is 6.42 Å². The molecule has 0 aromatic heterocycles. The van der Waals surface area contributed by atoms with Crippen molar-refractivity contribution in [3.63, 3.8) is 0 Å². The molecule has 138 valence electrons. The van der Waals surface area contributed by atoms with E-state index in [1.807, 2.05) is 18.2 Å². The summed E-state index contributed by atoms with van der Waals surface area (Å²) < 4.78 is 22.6. The van der Waals surface area contributed by atoms with Crippen molar-refractivity contribution in [1.29, 1.82) is 0 Å². The van der Waals surface area contributed by atoms with E-state index in [1.54, 1.807) is 11.8 Å². The maximum Gasteiger partial charge on any atom is 0.357 e. The Morgan fingerprint density at radius 3 is 1.92 bits per heavy atom. The number of rotatable bonds is 11. The van der Waals surface area contributed by atoms with Crippen LogP contribution in [0.4, 0.5) is 0 Å². The number of nitrogens with two attached hydrogens (primary N) is 1. The first kappa shape index (κ1) is 21.9. The maximum atomic E-state index is 11.3. The van der Waals surface area contributed by atoms with Gasteiger partial charge in [0.2, 0.25) is 5.02 Å². The van der Waals surface area contributed by atoms with Gasteiger partial charge >= 0.3 is 15.2 Å². The predicted octanol–water partition coefficient (Wildman–Crippen LogP) is 3.09. The Labute approximate surface area is 146 Å². The molecule has 7 nitrogen and oxygen atoms in total. The number of hydrogen-bond acceptors (Lipinski definition) is 4. The molecule has 0 aliphatic carbocycles. The van der Waals surface area contributed by atoms with Crippen molar-refractivity contribution in [2.24, 2.45) is 5.73 Å². The molecule has 0 spiro atoms. The summed E-state index contributed by atoms with van der Waals surface area (Å²) in [6.07, 6.45) is 3.26. The molecule has 6 N–H and O–H groups in total. The maximum absolute atomic E-state index is 11.3. The third-order valence-corrected chi connectivity index (χ3v) is 8.84. The highest BCUT2D eigenvalue weighted by atomic mass is 32.2. The van der Waals surface area contributed by atoms with Crippen molar-refractivity contribution in [2.45, 2.75) is 48.4 Å². The van der Waals surface area contributed by atoms with Crippen LogP contribution in [0.1, 0.15) is 38.5 Å². The van der Waals surface area contributed by atoms with Gasteiger partial charge in [0.05, 0.1) is 0 Å². The quantitative estimate of drug-likeness (QED) is 0.218. The van der Waals surface area contributed by atoms with Gasteiger partial charge in [0.25, 0.3) is 0 Å². The second-order valence-corrected chi connectivity index (χ2v) is 10.9. The van der Waals surface area contributed by atoms with E-state index in [0.29, 0.717) is 6.42 Å². The Morgan fingerprint density at radius 1 is 0.875 bits per heavy atom. The standard InChI is InChI=1S/C14H25NO6P2S/c15-14(22(16,17)18,23(19,20)21)11-7-2-1-3-8-12-24-13-9-5-4-6-10-13/h4-6,9-10H,1-3,7-8,11-12,15H2,(H2,16,17,18)(H2,19,20,21). The van der Waals surface area contributed by atoms with Crippen molar-refractivity contribution in [3.8, 4) is 0 Å². The Kier molecular flexibility index (Phi) is 8.66. The van der Waals surface area contributed by atoms with E-state index in [2.05, 4.69) is 12.1 Å². The van der Waals surface area contributed by atoms with E-state index in [1.165, 1.54) is 4.90 Å². The largest absolute Gasteiger partial charge is 0.357 e. The molecule has 24 heavy (non-hydrogen) atoms. The lowest BCUT2D eigenvalue weighted by Crippen LogP contribution is -2.39. The van der Waals surface area contributed by atoms with Crippen LogP contribution < -0.4 is 5.73 Å². The molecular formula is C14H25NO6P2S. The van der Waals surface area contributed by atoms with Crippen LogP contribution in [0.2, 0.25) is 0 Å². The fraction of sp³-hybridized carbons (Fsp3) is 0.571. The van der Waals surface area contributed by atoms with E-state index >= 15 is 0 Å². The van der Waals surface area contributed by atoms with Crippen molar-refractivity contribution in [1.82, 2.24) is 0 Å². The second-order valence-electron chi connectivity index (χ2n) is 5.65. The van der Waals surface area contributed by atoms with Gasteiger partial charge in [0.15, 0.2) is 0 Å². The molecule has 0 saturated heterocycles. The smallest absolute Gasteiger partial charge is 0.323 e. The van der Waals surface area contributed by atoms with Gasteiger partial charge in [0, 0.05) is 4.90 Å². The van der Waals surface area contributed by atoms with Crippen LogP contribution in [0.5, 0.6) is 0 Å². The minimum atomic E-state index is -5.10. The molecular weight excluding hydrogens is 372 g/mol. The summed E-state index contributed by atoms with van der Waals surface area (Å²) in [6, 6.07) is 10.1. The molecule has 0 atom stereocenters. The van der Waals surface area contributed by atoms with Crippen LogP contribution >= 0.6 is 27.0 Å². The van der Waals surface area contributed by atoms with Crippen LogP contribution in [0, 0.1) is 0 Å². The zero-order valence-corrected chi connectivity index (χ0v) is 15.9. The van der Waals surface area contributed by atoms with Gasteiger partial charge in [-0.1, -0.05) is 43.9 Å². The van der Waals surface area contributed by atoms with Gasteiger partial charge in [0.1, 0.15) is 0 Å². The zero-order chi connectivity index (χ0) is 18.3. The molecule has 0 aliphatic rings. The summed E-state index contributed by atoms with van der Waals surface area (Å²) in [5.74, 6) is 0.982. The first-order valence-corrected chi connectivity index (χ1v) is 11.9.